The predicted molar refractivity (Wildman–Crippen MR) is 45.9 cm³/mol. The molecule has 0 aliphatic rings. The van der Waals surface area contributed by atoms with Crippen LogP contribution in [0.2, 0.25) is 0 Å². The highest BCUT2D eigenvalue weighted by molar-refractivity contribution is 5.39. The van der Waals surface area contributed by atoms with Crippen LogP contribution in [0.15, 0.2) is 29.4 Å². The molecule has 0 saturated heterocycles. The molecule has 11 heavy (non-hydrogen) atoms. The van der Waals surface area contributed by atoms with Gasteiger partial charge in [0.25, 0.3) is 0 Å². The van der Waals surface area contributed by atoms with Crippen molar-refractivity contribution in [1.82, 2.24) is 0 Å². The van der Waals surface area contributed by atoms with Crippen LogP contribution in [-0.2, 0) is 6.42 Å². The summed E-state index contributed by atoms with van der Waals surface area (Å²) in [6.07, 6.45) is 2.12. The molecule has 0 spiro atoms. The molecule has 0 fully saturated rings. The number of rotatable bonds is 3. The van der Waals surface area contributed by atoms with Crippen molar-refractivity contribution < 1.29 is 0 Å². The van der Waals surface area contributed by atoms with E-state index in [9.17, 15) is 4.91 Å². The first-order valence-corrected chi connectivity index (χ1v) is 3.79. The Morgan fingerprint density at radius 1 is 1.45 bits per heavy atom. The van der Waals surface area contributed by atoms with Crippen LogP contribution >= 0.6 is 0 Å². The number of hydrogen-bond donors (Lipinski definition) is 0. The van der Waals surface area contributed by atoms with Crippen molar-refractivity contribution in [3.05, 3.63) is 34.7 Å². The normalized spacial score (nSPS) is 9.55. The maximum Gasteiger partial charge on any atom is 0.108 e. The zero-order valence-electron chi connectivity index (χ0n) is 6.58. The summed E-state index contributed by atoms with van der Waals surface area (Å²) in [6, 6.07) is 7.42. The Morgan fingerprint density at radius 2 is 2.27 bits per heavy atom. The second kappa shape index (κ2) is 3.86. The molecule has 0 aliphatic carbocycles. The van der Waals surface area contributed by atoms with Gasteiger partial charge >= 0.3 is 0 Å². The molecule has 1 rings (SSSR count). The molecule has 58 valence electrons. The van der Waals surface area contributed by atoms with Crippen LogP contribution in [-0.4, -0.2) is 0 Å². The maximum atomic E-state index is 10.1. The summed E-state index contributed by atoms with van der Waals surface area (Å²) in [6.45, 7) is 2.11. The van der Waals surface area contributed by atoms with Crippen LogP contribution in [0, 0.1) is 4.91 Å². The molecule has 1 aromatic carbocycles. The van der Waals surface area contributed by atoms with E-state index >= 15 is 0 Å². The number of nitroso groups, excluding NO2 is 1. The summed E-state index contributed by atoms with van der Waals surface area (Å²) in [4.78, 5) is 10.1. The monoisotopic (exact) mass is 149 g/mol. The largest absolute Gasteiger partial charge is 0.145 e. The van der Waals surface area contributed by atoms with Gasteiger partial charge in [-0.25, -0.2) is 0 Å². The predicted octanol–water partition coefficient (Wildman–Crippen LogP) is 3.04. The number of nitrogens with zero attached hydrogens (tertiary/aromatic N) is 1. The molecule has 2 heteroatoms. The van der Waals surface area contributed by atoms with Gasteiger partial charge in [0.1, 0.15) is 5.69 Å². The van der Waals surface area contributed by atoms with Crippen molar-refractivity contribution in [3.8, 4) is 0 Å². The summed E-state index contributed by atoms with van der Waals surface area (Å²) in [5.41, 5.74) is 1.71. The Morgan fingerprint density at radius 3 is 2.91 bits per heavy atom. The average molecular weight is 149 g/mol. The molecule has 0 saturated carbocycles. The highest BCUT2D eigenvalue weighted by atomic mass is 16.3. The first kappa shape index (κ1) is 7.92. The third-order valence-corrected chi connectivity index (χ3v) is 1.55. The topological polar surface area (TPSA) is 29.4 Å². The molecule has 0 aliphatic heterocycles. The molecule has 0 heterocycles. The van der Waals surface area contributed by atoms with E-state index in [-0.39, 0.29) is 0 Å². The Kier molecular flexibility index (Phi) is 2.78. The fourth-order valence-corrected chi connectivity index (χ4v) is 1.06. The molecule has 0 aromatic heterocycles. The summed E-state index contributed by atoms with van der Waals surface area (Å²) in [7, 11) is 0. The Labute approximate surface area is 66.2 Å². The van der Waals surface area contributed by atoms with E-state index in [1.807, 2.05) is 18.2 Å². The number of hydrogen-bond acceptors (Lipinski definition) is 2. The fraction of sp³-hybridized carbons (Fsp3) is 0.333. The van der Waals surface area contributed by atoms with Crippen LogP contribution in [0.4, 0.5) is 5.69 Å². The van der Waals surface area contributed by atoms with Gasteiger partial charge in [0.05, 0.1) is 0 Å². The lowest BCUT2D eigenvalue weighted by Gasteiger charge is -1.96. The average Bonchev–Trinajstić information content (AvgIpc) is 2.06. The minimum atomic E-state index is 0.524. The van der Waals surface area contributed by atoms with Crippen LogP contribution in [0.3, 0.4) is 0 Å². The summed E-state index contributed by atoms with van der Waals surface area (Å²) < 4.78 is 0. The molecular formula is C9H11NO. The zero-order chi connectivity index (χ0) is 8.10. The molecular weight excluding hydrogens is 138 g/mol. The van der Waals surface area contributed by atoms with Gasteiger partial charge in [-0.3, -0.25) is 0 Å². The van der Waals surface area contributed by atoms with Crippen molar-refractivity contribution in [3.63, 3.8) is 0 Å². The van der Waals surface area contributed by atoms with Crippen molar-refractivity contribution >= 4 is 5.69 Å². The quantitative estimate of drug-likeness (QED) is 0.607. The zero-order valence-corrected chi connectivity index (χ0v) is 6.58. The van der Waals surface area contributed by atoms with E-state index in [1.165, 1.54) is 5.56 Å². The van der Waals surface area contributed by atoms with Crippen molar-refractivity contribution in [2.75, 3.05) is 0 Å². The van der Waals surface area contributed by atoms with Crippen molar-refractivity contribution in [2.45, 2.75) is 19.8 Å². The Hall–Kier alpha value is -1.18. The van der Waals surface area contributed by atoms with Gasteiger partial charge < -0.3 is 0 Å². The smallest absolute Gasteiger partial charge is 0.108 e. The SMILES string of the molecule is CCCc1cccc(N=O)c1. The standard InChI is InChI=1S/C9H11NO/c1-2-4-8-5-3-6-9(7-8)10-11/h3,5-7H,2,4H2,1H3. The maximum absolute atomic E-state index is 10.1. The van der Waals surface area contributed by atoms with Gasteiger partial charge in [-0.15, -0.1) is 4.91 Å². The second-order valence-corrected chi connectivity index (χ2v) is 2.51. The Balaban J connectivity index is 2.82. The van der Waals surface area contributed by atoms with Crippen LogP contribution in [0.25, 0.3) is 0 Å². The van der Waals surface area contributed by atoms with Crippen LogP contribution < -0.4 is 0 Å². The van der Waals surface area contributed by atoms with E-state index in [0.29, 0.717) is 5.69 Å². The first-order valence-electron chi connectivity index (χ1n) is 3.79. The summed E-state index contributed by atoms with van der Waals surface area (Å²) >= 11 is 0. The van der Waals surface area contributed by atoms with Crippen molar-refractivity contribution in [1.29, 1.82) is 0 Å². The molecule has 0 radical (unpaired) electrons. The molecule has 0 unspecified atom stereocenters. The number of benzene rings is 1. The second-order valence-electron chi connectivity index (χ2n) is 2.51. The Bertz CT molecular complexity index is 245. The molecule has 0 atom stereocenters. The third-order valence-electron chi connectivity index (χ3n) is 1.55. The van der Waals surface area contributed by atoms with Gasteiger partial charge in [0, 0.05) is 0 Å². The highest BCUT2D eigenvalue weighted by Crippen LogP contribution is 2.14. The van der Waals surface area contributed by atoms with E-state index in [1.54, 1.807) is 6.07 Å². The highest BCUT2D eigenvalue weighted by Gasteiger charge is 1.93. The third kappa shape index (κ3) is 2.15. The lowest BCUT2D eigenvalue weighted by molar-refractivity contribution is 0.922. The number of aryl methyl sites for hydroxylation is 1. The van der Waals surface area contributed by atoms with Crippen LogP contribution in [0.5, 0.6) is 0 Å². The molecule has 0 N–H and O–H groups in total. The van der Waals surface area contributed by atoms with Gasteiger partial charge in [-0.2, -0.15) is 0 Å². The van der Waals surface area contributed by atoms with Crippen LogP contribution in [0.1, 0.15) is 18.9 Å². The minimum absolute atomic E-state index is 0.524. The van der Waals surface area contributed by atoms with E-state index in [0.717, 1.165) is 12.8 Å². The summed E-state index contributed by atoms with van der Waals surface area (Å²) in [5.74, 6) is 0. The molecule has 0 bridgehead atoms. The fourth-order valence-electron chi connectivity index (χ4n) is 1.06. The lowest BCUT2D eigenvalue weighted by atomic mass is 10.1. The van der Waals surface area contributed by atoms with Gasteiger partial charge in [-0.1, -0.05) is 25.5 Å². The molecule has 1 aromatic rings. The van der Waals surface area contributed by atoms with E-state index in [2.05, 4.69) is 12.1 Å². The lowest BCUT2D eigenvalue weighted by Crippen LogP contribution is -1.80. The molecule has 2 nitrogen and oxygen atoms in total. The summed E-state index contributed by atoms with van der Waals surface area (Å²) in [5, 5.41) is 2.86. The van der Waals surface area contributed by atoms with E-state index < -0.39 is 0 Å². The van der Waals surface area contributed by atoms with Gasteiger partial charge in [0.2, 0.25) is 0 Å². The van der Waals surface area contributed by atoms with Gasteiger partial charge in [-0.05, 0) is 29.3 Å². The molecule has 0 amide bonds. The van der Waals surface area contributed by atoms with Gasteiger partial charge in [0.15, 0.2) is 0 Å². The minimum Gasteiger partial charge on any atom is -0.145 e. The van der Waals surface area contributed by atoms with Crippen molar-refractivity contribution in [2.24, 2.45) is 5.18 Å². The first-order chi connectivity index (χ1) is 5.36. The van der Waals surface area contributed by atoms with E-state index in [4.69, 9.17) is 0 Å².